The molecule has 4 saturated carbocycles. The van der Waals surface area contributed by atoms with Gasteiger partial charge in [-0.2, -0.15) is 0 Å². The van der Waals surface area contributed by atoms with Gasteiger partial charge in [0.2, 0.25) is 0 Å². The monoisotopic (exact) mass is 290 g/mol. The zero-order valence-electron chi connectivity index (χ0n) is 14.3. The molecule has 0 radical (unpaired) electrons. The maximum Gasteiger partial charge on any atom is 0.0675 e. The number of rotatable bonds is 0. The minimum Gasteiger partial charge on any atom is -0.390 e. The van der Waals surface area contributed by atoms with Crippen LogP contribution in [0.5, 0.6) is 0 Å². The summed E-state index contributed by atoms with van der Waals surface area (Å²) < 4.78 is 0. The van der Waals surface area contributed by atoms with Crippen molar-refractivity contribution < 1.29 is 5.11 Å². The van der Waals surface area contributed by atoms with Gasteiger partial charge < -0.3 is 5.11 Å². The standard InChI is InChI=1S/C20H34O/c1-18-11-5-4-6-14(18)7-8-15-16(18)9-12-19(2)17(15)10-13-20(19,3)21/h14-17,21H,4-13H2,1-3H3/t14-,15+,16+,17-,18+,19+,20+/m0/s1. The minimum absolute atomic E-state index is 0.200. The molecule has 4 aliphatic rings. The second-order valence-electron chi connectivity index (χ2n) is 9.67. The lowest BCUT2D eigenvalue weighted by molar-refractivity contribution is -0.145. The fourth-order valence-corrected chi connectivity index (χ4v) is 7.54. The van der Waals surface area contributed by atoms with Crippen molar-refractivity contribution in [2.75, 3.05) is 0 Å². The first kappa shape index (κ1) is 14.5. The average molecular weight is 290 g/mol. The Hall–Kier alpha value is -0.0400. The predicted octanol–water partition coefficient (Wildman–Crippen LogP) is 5.17. The minimum atomic E-state index is -0.410. The van der Waals surface area contributed by atoms with Crippen LogP contribution in [0.2, 0.25) is 0 Å². The highest BCUT2D eigenvalue weighted by molar-refractivity contribution is 5.12. The summed E-state index contributed by atoms with van der Waals surface area (Å²) >= 11 is 0. The van der Waals surface area contributed by atoms with Crippen molar-refractivity contribution in [3.8, 4) is 0 Å². The van der Waals surface area contributed by atoms with Gasteiger partial charge in [-0.05, 0) is 92.8 Å². The maximum absolute atomic E-state index is 10.9. The van der Waals surface area contributed by atoms with Crippen molar-refractivity contribution in [2.45, 2.75) is 90.6 Å². The quantitative estimate of drug-likeness (QED) is 0.652. The molecule has 120 valence electrons. The van der Waals surface area contributed by atoms with Gasteiger partial charge in [-0.15, -0.1) is 0 Å². The lowest BCUT2D eigenvalue weighted by Crippen LogP contribution is -2.55. The van der Waals surface area contributed by atoms with Gasteiger partial charge in [-0.25, -0.2) is 0 Å². The van der Waals surface area contributed by atoms with Crippen LogP contribution in [-0.2, 0) is 0 Å². The van der Waals surface area contributed by atoms with Crippen LogP contribution in [0.15, 0.2) is 0 Å². The van der Waals surface area contributed by atoms with Gasteiger partial charge in [0.05, 0.1) is 5.60 Å². The molecule has 0 saturated heterocycles. The summed E-state index contributed by atoms with van der Waals surface area (Å²) in [5.74, 6) is 3.69. The van der Waals surface area contributed by atoms with E-state index < -0.39 is 5.60 Å². The predicted molar refractivity (Wildman–Crippen MR) is 87.0 cm³/mol. The molecule has 1 heteroatoms. The second kappa shape index (κ2) is 4.49. The molecule has 21 heavy (non-hydrogen) atoms. The highest BCUT2D eigenvalue weighted by Gasteiger charge is 2.62. The summed E-state index contributed by atoms with van der Waals surface area (Å²) in [6.07, 6.45) is 13.9. The van der Waals surface area contributed by atoms with E-state index in [0.717, 1.165) is 30.1 Å². The van der Waals surface area contributed by atoms with E-state index in [1.54, 1.807) is 0 Å². The van der Waals surface area contributed by atoms with Crippen molar-refractivity contribution in [1.82, 2.24) is 0 Å². The third kappa shape index (κ3) is 1.79. The topological polar surface area (TPSA) is 20.2 Å². The Morgan fingerprint density at radius 2 is 1.52 bits per heavy atom. The van der Waals surface area contributed by atoms with Gasteiger partial charge in [0.25, 0.3) is 0 Å². The molecule has 4 fully saturated rings. The molecule has 0 aromatic rings. The summed E-state index contributed by atoms with van der Waals surface area (Å²) in [7, 11) is 0. The van der Waals surface area contributed by atoms with E-state index >= 15 is 0 Å². The van der Waals surface area contributed by atoms with Gasteiger partial charge in [-0.3, -0.25) is 0 Å². The Bertz CT molecular complexity index is 428. The van der Waals surface area contributed by atoms with Gasteiger partial charge in [-0.1, -0.05) is 26.7 Å². The number of hydrogen-bond acceptors (Lipinski definition) is 1. The summed E-state index contributed by atoms with van der Waals surface area (Å²) in [5, 5.41) is 10.9. The molecule has 4 rings (SSSR count). The second-order valence-corrected chi connectivity index (χ2v) is 9.67. The highest BCUT2D eigenvalue weighted by atomic mass is 16.3. The highest BCUT2D eigenvalue weighted by Crippen LogP contribution is 2.68. The summed E-state index contributed by atoms with van der Waals surface area (Å²) in [6.45, 7) is 7.18. The lowest BCUT2D eigenvalue weighted by Gasteiger charge is -2.61. The van der Waals surface area contributed by atoms with Crippen LogP contribution in [-0.4, -0.2) is 10.7 Å². The largest absolute Gasteiger partial charge is 0.390 e. The van der Waals surface area contributed by atoms with E-state index in [9.17, 15) is 5.11 Å². The van der Waals surface area contributed by atoms with Gasteiger partial charge in [0, 0.05) is 0 Å². The molecule has 0 aliphatic heterocycles. The Morgan fingerprint density at radius 3 is 2.33 bits per heavy atom. The molecule has 0 heterocycles. The van der Waals surface area contributed by atoms with Crippen LogP contribution < -0.4 is 0 Å². The first-order valence-corrected chi connectivity index (χ1v) is 9.61. The SMILES string of the molecule is C[C@@]12CCCC[C@H]1CC[C@@H]1[C@H]2CC[C@]2(C)[C@H]1CC[C@@]2(C)O. The van der Waals surface area contributed by atoms with E-state index in [2.05, 4.69) is 20.8 Å². The fraction of sp³-hybridized carbons (Fsp3) is 1.00. The van der Waals surface area contributed by atoms with Crippen molar-refractivity contribution in [2.24, 2.45) is 34.5 Å². The first-order valence-electron chi connectivity index (χ1n) is 9.61. The van der Waals surface area contributed by atoms with E-state index in [1.807, 2.05) is 0 Å². The maximum atomic E-state index is 10.9. The van der Waals surface area contributed by atoms with Gasteiger partial charge >= 0.3 is 0 Å². The van der Waals surface area contributed by atoms with Crippen LogP contribution in [0.3, 0.4) is 0 Å². The normalized spacial score (nSPS) is 60.0. The molecule has 4 aliphatic carbocycles. The van der Waals surface area contributed by atoms with Crippen LogP contribution in [0, 0.1) is 34.5 Å². The Balaban J connectivity index is 1.66. The number of aliphatic hydroxyl groups is 1. The summed E-state index contributed by atoms with van der Waals surface area (Å²) in [5.41, 5.74) is 0.427. The van der Waals surface area contributed by atoms with Crippen LogP contribution in [0.1, 0.15) is 85.0 Å². The van der Waals surface area contributed by atoms with Crippen LogP contribution in [0.25, 0.3) is 0 Å². The van der Waals surface area contributed by atoms with Crippen LogP contribution in [0.4, 0.5) is 0 Å². The third-order valence-corrected chi connectivity index (χ3v) is 9.15. The number of fused-ring (bicyclic) bond motifs is 5. The van der Waals surface area contributed by atoms with E-state index in [4.69, 9.17) is 0 Å². The smallest absolute Gasteiger partial charge is 0.0675 e. The zero-order chi connectivity index (χ0) is 14.9. The molecule has 0 spiro atoms. The molecular weight excluding hydrogens is 256 g/mol. The summed E-state index contributed by atoms with van der Waals surface area (Å²) in [6, 6.07) is 0. The van der Waals surface area contributed by atoms with Crippen molar-refractivity contribution in [3.05, 3.63) is 0 Å². The van der Waals surface area contributed by atoms with E-state index in [0.29, 0.717) is 5.41 Å². The van der Waals surface area contributed by atoms with Crippen molar-refractivity contribution in [3.63, 3.8) is 0 Å². The molecule has 0 unspecified atom stereocenters. The molecule has 0 aromatic carbocycles. The van der Waals surface area contributed by atoms with Gasteiger partial charge in [0.15, 0.2) is 0 Å². The third-order valence-electron chi connectivity index (χ3n) is 9.15. The first-order chi connectivity index (χ1) is 9.88. The molecule has 0 bridgehead atoms. The molecule has 7 atom stereocenters. The molecule has 0 aromatic heterocycles. The molecule has 1 nitrogen and oxygen atoms in total. The van der Waals surface area contributed by atoms with Crippen molar-refractivity contribution >= 4 is 0 Å². The van der Waals surface area contributed by atoms with E-state index in [1.165, 1.54) is 57.8 Å². The number of hydrogen-bond donors (Lipinski definition) is 1. The molecule has 0 amide bonds. The molecular formula is C20H34O. The Morgan fingerprint density at radius 1 is 0.762 bits per heavy atom. The summed E-state index contributed by atoms with van der Waals surface area (Å²) in [4.78, 5) is 0. The Kier molecular flexibility index (Phi) is 3.11. The molecule has 1 N–H and O–H groups in total. The Labute approximate surface area is 130 Å². The zero-order valence-corrected chi connectivity index (χ0v) is 14.3. The van der Waals surface area contributed by atoms with Gasteiger partial charge in [0.1, 0.15) is 0 Å². The van der Waals surface area contributed by atoms with Crippen molar-refractivity contribution in [1.29, 1.82) is 0 Å². The van der Waals surface area contributed by atoms with Crippen LogP contribution >= 0.6 is 0 Å². The fourth-order valence-electron chi connectivity index (χ4n) is 7.54. The van der Waals surface area contributed by atoms with E-state index in [-0.39, 0.29) is 5.41 Å². The lowest BCUT2D eigenvalue weighted by atomic mass is 9.44. The average Bonchev–Trinajstić information content (AvgIpc) is 2.69.